The molecule has 3 aromatic heterocycles. The fourth-order valence-corrected chi connectivity index (χ4v) is 3.68. The summed E-state index contributed by atoms with van der Waals surface area (Å²) in [6.07, 6.45) is 3.78. The van der Waals surface area contributed by atoms with Gasteiger partial charge in [0.15, 0.2) is 11.5 Å². The molecule has 0 spiro atoms. The van der Waals surface area contributed by atoms with Crippen molar-refractivity contribution in [2.24, 2.45) is 0 Å². The second-order valence-corrected chi connectivity index (χ2v) is 7.68. The molecule has 1 N–H and O–H groups in total. The minimum atomic E-state index is -0.145. The number of amides is 1. The number of pyridine rings is 1. The van der Waals surface area contributed by atoms with Crippen LogP contribution < -0.4 is 5.32 Å². The number of aromatic nitrogens is 3. The van der Waals surface area contributed by atoms with Gasteiger partial charge in [0.05, 0.1) is 12.1 Å². The highest BCUT2D eigenvalue weighted by Crippen LogP contribution is 2.24. The van der Waals surface area contributed by atoms with E-state index in [1.807, 2.05) is 76.7 Å². The van der Waals surface area contributed by atoms with Crippen molar-refractivity contribution < 1.29 is 4.79 Å². The van der Waals surface area contributed by atoms with Crippen LogP contribution in [0.25, 0.3) is 17.3 Å². The predicted molar refractivity (Wildman–Crippen MR) is 111 cm³/mol. The van der Waals surface area contributed by atoms with Crippen molar-refractivity contribution in [1.82, 2.24) is 19.9 Å². The molecule has 134 valence electrons. The molecule has 0 atom stereocenters. The van der Waals surface area contributed by atoms with Gasteiger partial charge in [-0.05, 0) is 47.4 Å². The number of carbonyl (C=O) groups is 1. The van der Waals surface area contributed by atoms with Gasteiger partial charge in [0, 0.05) is 15.5 Å². The normalized spacial score (nSPS) is 11.7. The van der Waals surface area contributed by atoms with Crippen LogP contribution in [-0.4, -0.2) is 20.5 Å². The molecule has 3 heterocycles. The third-order valence-electron chi connectivity index (χ3n) is 4.00. The third-order valence-corrected chi connectivity index (χ3v) is 5.44. The van der Waals surface area contributed by atoms with E-state index < -0.39 is 0 Å². The monoisotopic (exact) mass is 438 g/mol. The van der Waals surface area contributed by atoms with E-state index in [0.717, 1.165) is 20.6 Å². The number of thiophene rings is 1. The molecule has 0 unspecified atom stereocenters. The van der Waals surface area contributed by atoms with E-state index in [2.05, 4.69) is 31.4 Å². The first-order valence-corrected chi connectivity index (χ1v) is 9.96. The van der Waals surface area contributed by atoms with Gasteiger partial charge in [-0.25, -0.2) is 0 Å². The summed E-state index contributed by atoms with van der Waals surface area (Å²) in [6, 6.07) is 17.4. The number of halogens is 1. The first kappa shape index (κ1) is 17.6. The Hall–Kier alpha value is -2.77. The largest absolute Gasteiger partial charge is 0.345 e. The second kappa shape index (κ2) is 7.85. The van der Waals surface area contributed by atoms with Crippen molar-refractivity contribution in [3.05, 3.63) is 86.9 Å². The van der Waals surface area contributed by atoms with Gasteiger partial charge in [-0.1, -0.05) is 40.2 Å². The van der Waals surface area contributed by atoms with E-state index in [4.69, 9.17) is 0 Å². The SMILES string of the molecule is O=C(NCc1nnc2ccccn12)C(=Cc1ccc(Br)cc1)c1cccs1. The van der Waals surface area contributed by atoms with Gasteiger partial charge in [-0.2, -0.15) is 0 Å². The summed E-state index contributed by atoms with van der Waals surface area (Å²) in [5.41, 5.74) is 2.34. The van der Waals surface area contributed by atoms with Crippen LogP contribution in [-0.2, 0) is 11.3 Å². The van der Waals surface area contributed by atoms with Gasteiger partial charge < -0.3 is 5.32 Å². The molecule has 1 amide bonds. The molecule has 0 aliphatic rings. The molecule has 4 rings (SSSR count). The number of carbonyl (C=O) groups excluding carboxylic acids is 1. The summed E-state index contributed by atoms with van der Waals surface area (Å²) in [6.45, 7) is 0.299. The number of nitrogens with one attached hydrogen (secondary N) is 1. The molecule has 0 bridgehead atoms. The minimum absolute atomic E-state index is 0.145. The van der Waals surface area contributed by atoms with Crippen molar-refractivity contribution in [2.45, 2.75) is 6.54 Å². The highest BCUT2D eigenvalue weighted by Gasteiger charge is 2.14. The number of nitrogens with zero attached hydrogens (tertiary/aromatic N) is 3. The average molecular weight is 439 g/mol. The maximum absolute atomic E-state index is 12.9. The maximum atomic E-state index is 12.9. The Balaban J connectivity index is 1.58. The lowest BCUT2D eigenvalue weighted by Gasteiger charge is -2.08. The van der Waals surface area contributed by atoms with Crippen LogP contribution in [0.3, 0.4) is 0 Å². The van der Waals surface area contributed by atoms with Crippen molar-refractivity contribution in [2.75, 3.05) is 0 Å². The second-order valence-electron chi connectivity index (χ2n) is 5.81. The topological polar surface area (TPSA) is 59.3 Å². The van der Waals surface area contributed by atoms with Crippen molar-refractivity contribution >= 4 is 50.5 Å². The molecule has 27 heavy (non-hydrogen) atoms. The zero-order valence-corrected chi connectivity index (χ0v) is 16.6. The fourth-order valence-electron chi connectivity index (χ4n) is 2.67. The molecule has 0 fully saturated rings. The Morgan fingerprint density at radius 2 is 1.96 bits per heavy atom. The minimum Gasteiger partial charge on any atom is -0.345 e. The predicted octanol–water partition coefficient (Wildman–Crippen LogP) is 4.41. The summed E-state index contributed by atoms with van der Waals surface area (Å²) >= 11 is 4.97. The van der Waals surface area contributed by atoms with Gasteiger partial charge in [-0.3, -0.25) is 9.20 Å². The molecular weight excluding hydrogens is 424 g/mol. The van der Waals surface area contributed by atoms with Crippen LogP contribution in [0.5, 0.6) is 0 Å². The average Bonchev–Trinajstić information content (AvgIpc) is 3.36. The van der Waals surface area contributed by atoms with Gasteiger partial charge in [-0.15, -0.1) is 21.5 Å². The van der Waals surface area contributed by atoms with Crippen LogP contribution in [0, 0.1) is 0 Å². The highest BCUT2D eigenvalue weighted by molar-refractivity contribution is 9.10. The molecular formula is C20H15BrN4OS. The summed E-state index contributed by atoms with van der Waals surface area (Å²) in [7, 11) is 0. The number of hydrogen-bond donors (Lipinski definition) is 1. The molecule has 7 heteroatoms. The molecule has 1 aromatic carbocycles. The lowest BCUT2D eigenvalue weighted by Crippen LogP contribution is -2.24. The van der Waals surface area contributed by atoms with E-state index in [0.29, 0.717) is 17.9 Å². The Morgan fingerprint density at radius 3 is 2.74 bits per heavy atom. The molecule has 0 saturated carbocycles. The maximum Gasteiger partial charge on any atom is 0.253 e. The number of benzene rings is 1. The quantitative estimate of drug-likeness (QED) is 0.469. The van der Waals surface area contributed by atoms with Gasteiger partial charge >= 0.3 is 0 Å². The van der Waals surface area contributed by atoms with E-state index in [-0.39, 0.29) is 5.91 Å². The molecule has 5 nitrogen and oxygen atoms in total. The van der Waals surface area contributed by atoms with E-state index in [1.54, 1.807) is 0 Å². The standard InChI is InChI=1S/C20H15BrN4OS/c21-15-8-6-14(7-9-15)12-16(17-4-3-11-27-17)20(26)22-13-19-24-23-18-5-1-2-10-25(18)19/h1-12H,13H2,(H,22,26). The van der Waals surface area contributed by atoms with E-state index in [9.17, 15) is 4.79 Å². The van der Waals surface area contributed by atoms with Gasteiger partial charge in [0.25, 0.3) is 5.91 Å². The molecule has 0 aliphatic carbocycles. The Labute approximate surface area is 168 Å². The Bertz CT molecular complexity index is 1100. The summed E-state index contributed by atoms with van der Waals surface area (Å²) < 4.78 is 2.87. The summed E-state index contributed by atoms with van der Waals surface area (Å²) in [5, 5.41) is 13.2. The molecule has 0 saturated heterocycles. The summed E-state index contributed by atoms with van der Waals surface area (Å²) in [5.74, 6) is 0.543. The number of rotatable bonds is 5. The van der Waals surface area contributed by atoms with E-state index >= 15 is 0 Å². The van der Waals surface area contributed by atoms with Crippen LogP contribution in [0.4, 0.5) is 0 Å². The van der Waals surface area contributed by atoms with E-state index in [1.165, 1.54) is 11.3 Å². The van der Waals surface area contributed by atoms with Crippen LogP contribution in [0.15, 0.2) is 70.6 Å². The van der Waals surface area contributed by atoms with Crippen LogP contribution in [0.1, 0.15) is 16.3 Å². The summed E-state index contributed by atoms with van der Waals surface area (Å²) in [4.78, 5) is 13.8. The number of fused-ring (bicyclic) bond motifs is 1. The molecule has 0 aliphatic heterocycles. The van der Waals surface area contributed by atoms with Crippen molar-refractivity contribution in [3.63, 3.8) is 0 Å². The lowest BCUT2D eigenvalue weighted by atomic mass is 10.1. The Morgan fingerprint density at radius 1 is 1.11 bits per heavy atom. The zero-order valence-electron chi connectivity index (χ0n) is 14.2. The van der Waals surface area contributed by atoms with Crippen LogP contribution in [0.2, 0.25) is 0 Å². The number of hydrogen-bond acceptors (Lipinski definition) is 4. The van der Waals surface area contributed by atoms with Crippen molar-refractivity contribution in [3.8, 4) is 0 Å². The third kappa shape index (κ3) is 3.99. The van der Waals surface area contributed by atoms with Crippen LogP contribution >= 0.6 is 27.3 Å². The Kier molecular flexibility index (Phi) is 5.13. The zero-order chi connectivity index (χ0) is 18.6. The lowest BCUT2D eigenvalue weighted by molar-refractivity contribution is -0.115. The van der Waals surface area contributed by atoms with Gasteiger partial charge in [0.2, 0.25) is 0 Å². The fraction of sp³-hybridized carbons (Fsp3) is 0.0500. The first-order chi connectivity index (χ1) is 13.2. The smallest absolute Gasteiger partial charge is 0.253 e. The molecule has 4 aromatic rings. The highest BCUT2D eigenvalue weighted by atomic mass is 79.9. The molecule has 0 radical (unpaired) electrons. The van der Waals surface area contributed by atoms with Crippen molar-refractivity contribution in [1.29, 1.82) is 0 Å². The van der Waals surface area contributed by atoms with Gasteiger partial charge in [0.1, 0.15) is 0 Å². The first-order valence-electron chi connectivity index (χ1n) is 8.29.